The van der Waals surface area contributed by atoms with Crippen molar-refractivity contribution in [3.05, 3.63) is 23.9 Å². The zero-order valence-corrected chi connectivity index (χ0v) is 9.46. The normalized spacial score (nSPS) is 34.4. The van der Waals surface area contributed by atoms with Crippen LogP contribution in [0.2, 0.25) is 0 Å². The van der Waals surface area contributed by atoms with Crippen molar-refractivity contribution in [3.8, 4) is 0 Å². The largest absolute Gasteiger partial charge is 0.361 e. The molecule has 0 amide bonds. The van der Waals surface area contributed by atoms with Gasteiger partial charge in [-0.1, -0.05) is 24.6 Å². The first-order valence-corrected chi connectivity index (χ1v) is 5.17. The molecule has 0 spiro atoms. The molecular weight excluding hydrogens is 158 g/mol. The third-order valence-electron chi connectivity index (χ3n) is 3.38. The van der Waals surface area contributed by atoms with Gasteiger partial charge in [-0.3, -0.25) is 0 Å². The molecule has 1 aliphatic heterocycles. The molecule has 74 valence electrons. The summed E-state index contributed by atoms with van der Waals surface area (Å²) in [4.78, 5) is 2.45. The van der Waals surface area contributed by atoms with Gasteiger partial charge in [-0.25, -0.2) is 0 Å². The molecule has 0 aromatic carbocycles. The second-order valence-electron chi connectivity index (χ2n) is 3.93. The standard InChI is InChI=1S/C12H21N/c1-6-9-13-11(8-3)12(13,5)10(4)7-2/h6-7,9,11H,8H2,1-5H3/b9-6?,10-7-. The summed E-state index contributed by atoms with van der Waals surface area (Å²) in [7, 11) is 0. The quantitative estimate of drug-likeness (QED) is 0.474. The fourth-order valence-corrected chi connectivity index (χ4v) is 2.26. The van der Waals surface area contributed by atoms with Crippen molar-refractivity contribution >= 4 is 0 Å². The number of nitrogens with zero attached hydrogens (tertiary/aromatic N) is 1. The molecule has 13 heavy (non-hydrogen) atoms. The van der Waals surface area contributed by atoms with E-state index in [0.29, 0.717) is 11.6 Å². The summed E-state index contributed by atoms with van der Waals surface area (Å²) in [5.74, 6) is 0. The van der Waals surface area contributed by atoms with Crippen molar-refractivity contribution < 1.29 is 0 Å². The van der Waals surface area contributed by atoms with E-state index in [1.165, 1.54) is 12.0 Å². The molecule has 1 rings (SSSR count). The summed E-state index contributed by atoms with van der Waals surface area (Å²) in [5.41, 5.74) is 1.79. The maximum absolute atomic E-state index is 2.45. The van der Waals surface area contributed by atoms with E-state index in [9.17, 15) is 0 Å². The highest BCUT2D eigenvalue weighted by Gasteiger charge is 2.56. The summed E-state index contributed by atoms with van der Waals surface area (Å²) in [6.07, 6.45) is 7.79. The van der Waals surface area contributed by atoms with Gasteiger partial charge in [-0.15, -0.1) is 0 Å². The molecule has 0 aliphatic carbocycles. The Kier molecular flexibility index (Phi) is 2.84. The fraction of sp³-hybridized carbons (Fsp3) is 0.667. The molecule has 0 aromatic rings. The Morgan fingerprint density at radius 2 is 2.08 bits per heavy atom. The van der Waals surface area contributed by atoms with Gasteiger partial charge in [0.1, 0.15) is 0 Å². The van der Waals surface area contributed by atoms with Crippen LogP contribution in [0.4, 0.5) is 0 Å². The van der Waals surface area contributed by atoms with E-state index in [4.69, 9.17) is 0 Å². The van der Waals surface area contributed by atoms with E-state index >= 15 is 0 Å². The summed E-state index contributed by atoms with van der Waals surface area (Å²) in [6, 6.07) is 0.708. The van der Waals surface area contributed by atoms with E-state index in [-0.39, 0.29) is 0 Å². The van der Waals surface area contributed by atoms with Gasteiger partial charge in [-0.05, 0) is 40.3 Å². The van der Waals surface area contributed by atoms with E-state index in [0.717, 1.165) is 0 Å². The molecule has 0 aromatic heterocycles. The molecule has 2 atom stereocenters. The van der Waals surface area contributed by atoms with E-state index in [1.54, 1.807) is 0 Å². The molecule has 1 nitrogen and oxygen atoms in total. The maximum Gasteiger partial charge on any atom is 0.0784 e. The van der Waals surface area contributed by atoms with Crippen molar-refractivity contribution in [2.45, 2.75) is 52.6 Å². The second kappa shape index (κ2) is 3.57. The van der Waals surface area contributed by atoms with Gasteiger partial charge in [0.2, 0.25) is 0 Å². The zero-order chi connectivity index (χ0) is 10.1. The lowest BCUT2D eigenvalue weighted by molar-refractivity contribution is 0.583. The van der Waals surface area contributed by atoms with Crippen LogP contribution >= 0.6 is 0 Å². The Morgan fingerprint density at radius 1 is 1.46 bits per heavy atom. The van der Waals surface area contributed by atoms with Crippen molar-refractivity contribution in [2.75, 3.05) is 0 Å². The Hall–Kier alpha value is -0.720. The van der Waals surface area contributed by atoms with E-state index in [1.807, 2.05) is 0 Å². The van der Waals surface area contributed by atoms with Crippen LogP contribution in [0.15, 0.2) is 23.9 Å². The van der Waals surface area contributed by atoms with Gasteiger partial charge in [-0.2, -0.15) is 0 Å². The Labute approximate surface area is 82.1 Å². The van der Waals surface area contributed by atoms with Crippen molar-refractivity contribution in [1.82, 2.24) is 4.90 Å². The van der Waals surface area contributed by atoms with Crippen LogP contribution in [-0.2, 0) is 0 Å². The smallest absolute Gasteiger partial charge is 0.0784 e. The summed E-state index contributed by atoms with van der Waals surface area (Å²) < 4.78 is 0. The fourth-order valence-electron chi connectivity index (χ4n) is 2.26. The Bertz CT molecular complexity index is 240. The van der Waals surface area contributed by atoms with Crippen LogP contribution in [0, 0.1) is 0 Å². The number of rotatable bonds is 3. The molecule has 0 N–H and O–H groups in total. The van der Waals surface area contributed by atoms with Gasteiger partial charge < -0.3 is 4.90 Å². The first-order chi connectivity index (χ1) is 6.12. The third-order valence-corrected chi connectivity index (χ3v) is 3.38. The minimum Gasteiger partial charge on any atom is -0.361 e. The van der Waals surface area contributed by atoms with Gasteiger partial charge in [0.05, 0.1) is 11.6 Å². The highest BCUT2D eigenvalue weighted by atomic mass is 15.4. The lowest BCUT2D eigenvalue weighted by Crippen LogP contribution is -2.13. The molecule has 0 saturated carbocycles. The minimum atomic E-state index is 0.302. The zero-order valence-electron chi connectivity index (χ0n) is 9.46. The van der Waals surface area contributed by atoms with E-state index in [2.05, 4.69) is 57.9 Å². The van der Waals surface area contributed by atoms with Crippen molar-refractivity contribution in [2.24, 2.45) is 0 Å². The topological polar surface area (TPSA) is 3.01 Å². The van der Waals surface area contributed by atoms with Gasteiger partial charge in [0.25, 0.3) is 0 Å². The molecule has 1 heteroatoms. The molecule has 0 bridgehead atoms. The summed E-state index contributed by atoms with van der Waals surface area (Å²) in [5, 5.41) is 0. The molecule has 1 aliphatic rings. The maximum atomic E-state index is 2.45. The number of allylic oxidation sites excluding steroid dienone is 2. The molecule has 1 heterocycles. The lowest BCUT2D eigenvalue weighted by atomic mass is 9.97. The highest BCUT2D eigenvalue weighted by Crippen LogP contribution is 2.48. The van der Waals surface area contributed by atoms with Crippen LogP contribution in [0.1, 0.15) is 41.0 Å². The molecule has 0 radical (unpaired) electrons. The Balaban J connectivity index is 2.82. The second-order valence-corrected chi connectivity index (χ2v) is 3.93. The molecule has 1 saturated heterocycles. The average molecular weight is 179 g/mol. The third kappa shape index (κ3) is 1.41. The SMILES string of the molecule is CC=CN1C(CC)C1(C)/C(C)=C\C. The number of hydrogen-bond acceptors (Lipinski definition) is 1. The minimum absolute atomic E-state index is 0.302. The van der Waals surface area contributed by atoms with E-state index < -0.39 is 0 Å². The Morgan fingerprint density at radius 3 is 2.46 bits per heavy atom. The first-order valence-electron chi connectivity index (χ1n) is 5.17. The number of hydrogen-bond donors (Lipinski definition) is 0. The summed E-state index contributed by atoms with van der Waals surface area (Å²) in [6.45, 7) is 11.0. The van der Waals surface area contributed by atoms with Crippen molar-refractivity contribution in [1.29, 1.82) is 0 Å². The predicted octanol–water partition coefficient (Wildman–Crippen LogP) is 3.34. The lowest BCUT2D eigenvalue weighted by Gasteiger charge is -2.10. The van der Waals surface area contributed by atoms with Crippen LogP contribution in [-0.4, -0.2) is 16.5 Å². The van der Waals surface area contributed by atoms with Gasteiger partial charge in [0.15, 0.2) is 0 Å². The molecule has 2 unspecified atom stereocenters. The van der Waals surface area contributed by atoms with Crippen LogP contribution in [0.5, 0.6) is 0 Å². The average Bonchev–Trinajstić information content (AvgIpc) is 2.72. The predicted molar refractivity (Wildman–Crippen MR) is 58.6 cm³/mol. The first kappa shape index (κ1) is 10.4. The van der Waals surface area contributed by atoms with Gasteiger partial charge >= 0.3 is 0 Å². The molecule has 1 fully saturated rings. The monoisotopic (exact) mass is 179 g/mol. The van der Waals surface area contributed by atoms with Crippen LogP contribution in [0.3, 0.4) is 0 Å². The summed E-state index contributed by atoms with van der Waals surface area (Å²) >= 11 is 0. The van der Waals surface area contributed by atoms with Crippen LogP contribution in [0.25, 0.3) is 0 Å². The molecular formula is C12H21N. The van der Waals surface area contributed by atoms with Crippen LogP contribution < -0.4 is 0 Å². The highest BCUT2D eigenvalue weighted by molar-refractivity contribution is 5.34. The van der Waals surface area contributed by atoms with Crippen molar-refractivity contribution in [3.63, 3.8) is 0 Å². The van der Waals surface area contributed by atoms with Gasteiger partial charge in [0, 0.05) is 0 Å².